The van der Waals surface area contributed by atoms with Gasteiger partial charge in [0.2, 0.25) is 0 Å². The van der Waals surface area contributed by atoms with Crippen LogP contribution in [0, 0.1) is 0 Å². The minimum atomic E-state index is 0.185. The van der Waals surface area contributed by atoms with Crippen LogP contribution in [0.1, 0.15) is 15.9 Å². The molecule has 7 nitrogen and oxygen atoms in total. The molecule has 2 rings (SSSR count). The van der Waals surface area contributed by atoms with Crippen molar-refractivity contribution < 1.29 is 28.8 Å². The van der Waals surface area contributed by atoms with Crippen molar-refractivity contribution in [2.45, 2.75) is 6.54 Å². The summed E-state index contributed by atoms with van der Waals surface area (Å²) in [6.07, 6.45) is 0.779. The van der Waals surface area contributed by atoms with Crippen molar-refractivity contribution in [3.8, 4) is 5.75 Å². The molecule has 140 valence electrons. The maximum absolute atomic E-state index is 10.9. The largest absolute Gasteiger partial charge is 0.508 e. The quantitative estimate of drug-likeness (QED) is 0.815. The molecule has 1 aliphatic rings. The number of carbonyl (C=O) groups is 1. The number of phenols is 1. The van der Waals surface area contributed by atoms with Crippen molar-refractivity contribution in [2.24, 2.45) is 0 Å². The second-order valence-corrected chi connectivity index (χ2v) is 5.73. The zero-order valence-electron chi connectivity index (χ0n) is 14.5. The van der Waals surface area contributed by atoms with Crippen LogP contribution in [-0.2, 0) is 25.5 Å². The lowest BCUT2D eigenvalue weighted by molar-refractivity contribution is 0.00206. The Morgan fingerprint density at radius 1 is 0.880 bits per heavy atom. The molecule has 25 heavy (non-hydrogen) atoms. The van der Waals surface area contributed by atoms with E-state index < -0.39 is 0 Å². The summed E-state index contributed by atoms with van der Waals surface area (Å²) in [4.78, 5) is 13.1. The summed E-state index contributed by atoms with van der Waals surface area (Å²) in [5.74, 6) is 0.185. The number of hydrogen-bond acceptors (Lipinski definition) is 7. The van der Waals surface area contributed by atoms with E-state index in [9.17, 15) is 9.90 Å². The van der Waals surface area contributed by atoms with Crippen LogP contribution in [0.2, 0.25) is 0 Å². The highest BCUT2D eigenvalue weighted by atomic mass is 16.6. The first kappa shape index (κ1) is 19.8. The van der Waals surface area contributed by atoms with Gasteiger partial charge in [-0.25, -0.2) is 0 Å². The van der Waals surface area contributed by atoms with E-state index in [2.05, 4.69) is 4.90 Å². The van der Waals surface area contributed by atoms with Crippen LogP contribution in [0.4, 0.5) is 0 Å². The van der Waals surface area contributed by atoms with Gasteiger partial charge in [-0.15, -0.1) is 0 Å². The Hall–Kier alpha value is -1.51. The summed E-state index contributed by atoms with van der Waals surface area (Å²) in [7, 11) is 0. The molecule has 1 aromatic carbocycles. The average Bonchev–Trinajstić information content (AvgIpc) is 2.63. The number of carbonyl (C=O) groups excluding carboxylic acids is 1. The van der Waals surface area contributed by atoms with Gasteiger partial charge in [0.25, 0.3) is 0 Å². The summed E-state index contributed by atoms with van der Waals surface area (Å²) in [5, 5.41) is 10.0. The van der Waals surface area contributed by atoms with Gasteiger partial charge in [0.05, 0.1) is 52.9 Å². The number of rotatable bonds is 3. The van der Waals surface area contributed by atoms with Gasteiger partial charge < -0.3 is 24.1 Å². The fraction of sp³-hybridized carbons (Fsp3) is 0.611. The molecule has 1 aromatic rings. The summed E-state index contributed by atoms with van der Waals surface area (Å²) >= 11 is 0. The van der Waals surface area contributed by atoms with Crippen LogP contribution in [0.25, 0.3) is 0 Å². The third-order valence-electron chi connectivity index (χ3n) is 3.85. The smallest absolute Gasteiger partial charge is 0.150 e. The van der Waals surface area contributed by atoms with Crippen LogP contribution in [0.15, 0.2) is 18.2 Å². The van der Waals surface area contributed by atoms with Crippen LogP contribution >= 0.6 is 0 Å². The number of hydrogen-bond donors (Lipinski definition) is 1. The van der Waals surface area contributed by atoms with Crippen LogP contribution in [0.3, 0.4) is 0 Å². The Labute approximate surface area is 148 Å². The van der Waals surface area contributed by atoms with Crippen LogP contribution in [0.5, 0.6) is 5.75 Å². The minimum absolute atomic E-state index is 0.185. The lowest BCUT2D eigenvalue weighted by Crippen LogP contribution is -2.31. The van der Waals surface area contributed by atoms with E-state index in [-0.39, 0.29) is 5.75 Å². The second-order valence-electron chi connectivity index (χ2n) is 5.73. The minimum Gasteiger partial charge on any atom is -0.508 e. The van der Waals surface area contributed by atoms with Gasteiger partial charge in [0, 0.05) is 30.8 Å². The predicted octanol–water partition coefficient (Wildman–Crippen LogP) is 1.09. The Balaban J connectivity index is 1.91. The van der Waals surface area contributed by atoms with Crippen molar-refractivity contribution in [3.05, 3.63) is 29.3 Å². The molecule has 1 saturated heterocycles. The highest BCUT2D eigenvalue weighted by Gasteiger charge is 2.10. The zero-order valence-corrected chi connectivity index (χ0v) is 14.5. The number of aldehydes is 1. The van der Waals surface area contributed by atoms with E-state index in [0.717, 1.165) is 6.29 Å². The molecule has 0 bridgehead atoms. The second kappa shape index (κ2) is 11.9. The van der Waals surface area contributed by atoms with Gasteiger partial charge in [0.15, 0.2) is 0 Å². The molecule has 0 aromatic heterocycles. The highest BCUT2D eigenvalue weighted by molar-refractivity contribution is 5.75. The molecule has 0 spiro atoms. The predicted molar refractivity (Wildman–Crippen MR) is 92.0 cm³/mol. The maximum atomic E-state index is 10.9. The van der Waals surface area contributed by atoms with Gasteiger partial charge >= 0.3 is 0 Å². The summed E-state index contributed by atoms with van der Waals surface area (Å²) in [5.41, 5.74) is 1.27. The molecule has 0 saturated carbocycles. The van der Waals surface area contributed by atoms with Crippen molar-refractivity contribution in [2.75, 3.05) is 65.9 Å². The lowest BCUT2D eigenvalue weighted by Gasteiger charge is -2.23. The third-order valence-corrected chi connectivity index (χ3v) is 3.85. The Morgan fingerprint density at radius 3 is 1.92 bits per heavy atom. The standard InChI is InChI=1S/C18H27NO6/c20-15-16-1-2-18(21)17(13-16)14-19-3-5-22-7-9-24-11-12-25-10-8-23-6-4-19/h1-2,13,15,21H,3-12,14H2. The van der Waals surface area contributed by atoms with Crippen LogP contribution < -0.4 is 0 Å². The molecule has 0 radical (unpaired) electrons. The molecular weight excluding hydrogens is 326 g/mol. The van der Waals surface area contributed by atoms with E-state index in [0.29, 0.717) is 83.6 Å². The first-order valence-corrected chi connectivity index (χ1v) is 8.60. The number of nitrogens with zero attached hydrogens (tertiary/aromatic N) is 1. The Bertz CT molecular complexity index is 494. The van der Waals surface area contributed by atoms with Gasteiger partial charge in [-0.2, -0.15) is 0 Å². The van der Waals surface area contributed by atoms with Crippen molar-refractivity contribution in [1.29, 1.82) is 0 Å². The van der Waals surface area contributed by atoms with Gasteiger partial charge in [-0.1, -0.05) is 0 Å². The molecule has 1 N–H and O–H groups in total. The first-order valence-electron chi connectivity index (χ1n) is 8.60. The van der Waals surface area contributed by atoms with E-state index in [1.54, 1.807) is 18.2 Å². The Kier molecular flexibility index (Phi) is 9.46. The monoisotopic (exact) mass is 353 g/mol. The number of benzene rings is 1. The molecule has 0 aliphatic carbocycles. The first-order chi connectivity index (χ1) is 12.3. The Morgan fingerprint density at radius 2 is 1.40 bits per heavy atom. The van der Waals surface area contributed by atoms with E-state index in [1.165, 1.54) is 0 Å². The van der Waals surface area contributed by atoms with E-state index in [4.69, 9.17) is 18.9 Å². The number of phenolic OH excluding ortho intramolecular Hbond substituents is 1. The van der Waals surface area contributed by atoms with Crippen molar-refractivity contribution >= 4 is 6.29 Å². The normalized spacial score (nSPS) is 19.7. The van der Waals surface area contributed by atoms with E-state index >= 15 is 0 Å². The van der Waals surface area contributed by atoms with Crippen molar-refractivity contribution in [3.63, 3.8) is 0 Å². The number of ether oxygens (including phenoxy) is 4. The molecule has 0 amide bonds. The molecule has 0 unspecified atom stereocenters. The van der Waals surface area contributed by atoms with Crippen LogP contribution in [-0.4, -0.2) is 82.2 Å². The van der Waals surface area contributed by atoms with E-state index in [1.807, 2.05) is 0 Å². The molecule has 7 heteroatoms. The topological polar surface area (TPSA) is 77.5 Å². The summed E-state index contributed by atoms with van der Waals surface area (Å²) in [6.45, 7) is 6.32. The molecule has 1 aliphatic heterocycles. The fourth-order valence-corrected chi connectivity index (χ4v) is 2.47. The summed E-state index contributed by atoms with van der Waals surface area (Å²) in [6, 6.07) is 4.86. The lowest BCUT2D eigenvalue weighted by atomic mass is 10.1. The maximum Gasteiger partial charge on any atom is 0.150 e. The third kappa shape index (κ3) is 7.94. The highest BCUT2D eigenvalue weighted by Crippen LogP contribution is 2.19. The molecule has 1 heterocycles. The van der Waals surface area contributed by atoms with Gasteiger partial charge in [-0.3, -0.25) is 9.69 Å². The number of aromatic hydroxyl groups is 1. The van der Waals surface area contributed by atoms with Crippen molar-refractivity contribution in [1.82, 2.24) is 4.90 Å². The summed E-state index contributed by atoms with van der Waals surface area (Å²) < 4.78 is 22.0. The fourth-order valence-electron chi connectivity index (χ4n) is 2.47. The zero-order chi connectivity index (χ0) is 17.7. The molecule has 1 fully saturated rings. The van der Waals surface area contributed by atoms with Gasteiger partial charge in [0.1, 0.15) is 12.0 Å². The average molecular weight is 353 g/mol. The molecule has 0 atom stereocenters. The van der Waals surface area contributed by atoms with Gasteiger partial charge in [-0.05, 0) is 18.2 Å². The molecular formula is C18H27NO6. The SMILES string of the molecule is O=Cc1ccc(O)c(CN2CCOCCOCCOCCOCC2)c1.